The van der Waals surface area contributed by atoms with Crippen molar-refractivity contribution in [3.63, 3.8) is 0 Å². The fraction of sp³-hybridized carbons (Fsp3) is 0.500. The Bertz CT molecular complexity index is 481. The van der Waals surface area contributed by atoms with Gasteiger partial charge in [0, 0.05) is 31.6 Å². The number of benzene rings is 1. The van der Waals surface area contributed by atoms with Crippen molar-refractivity contribution in [2.75, 3.05) is 34.4 Å². The van der Waals surface area contributed by atoms with Crippen LogP contribution in [0.25, 0.3) is 0 Å². The molecule has 1 unspecified atom stereocenters. The summed E-state index contributed by atoms with van der Waals surface area (Å²) in [5.41, 5.74) is 6.79. The maximum atomic E-state index is 5.90. The van der Waals surface area contributed by atoms with Gasteiger partial charge < -0.3 is 25.3 Å². The average molecular weight is 292 g/mol. The molecular formula is C16H24N2O3. The van der Waals surface area contributed by atoms with Crippen molar-refractivity contribution in [1.82, 2.24) is 5.32 Å². The third-order valence-electron chi connectivity index (χ3n) is 3.15. The lowest BCUT2D eigenvalue weighted by atomic mass is 10.0. The van der Waals surface area contributed by atoms with E-state index in [0.717, 1.165) is 18.5 Å². The van der Waals surface area contributed by atoms with Crippen LogP contribution in [0.2, 0.25) is 0 Å². The van der Waals surface area contributed by atoms with Gasteiger partial charge in [0.25, 0.3) is 0 Å². The summed E-state index contributed by atoms with van der Waals surface area (Å²) < 4.78 is 16.2. The standard InChI is InChI=1S/C16H24N2O3/c1-5-6-7-8-18-13(11-17)16-14(20-3)9-12(19-2)10-15(16)21-4/h9-10,13,18H,7-8,11,17H2,1-4H3. The number of methoxy groups -OCH3 is 3. The van der Waals surface area contributed by atoms with Crippen molar-refractivity contribution >= 4 is 0 Å². The van der Waals surface area contributed by atoms with Gasteiger partial charge in [0.05, 0.1) is 32.9 Å². The summed E-state index contributed by atoms with van der Waals surface area (Å²) in [6.45, 7) is 3.01. The quantitative estimate of drug-likeness (QED) is 0.564. The van der Waals surface area contributed by atoms with Crippen LogP contribution in [0.15, 0.2) is 12.1 Å². The molecule has 3 N–H and O–H groups in total. The van der Waals surface area contributed by atoms with E-state index >= 15 is 0 Å². The molecule has 1 aromatic rings. The number of hydrogen-bond donors (Lipinski definition) is 2. The molecule has 0 spiro atoms. The van der Waals surface area contributed by atoms with E-state index in [1.807, 2.05) is 19.1 Å². The minimum absolute atomic E-state index is 0.0699. The van der Waals surface area contributed by atoms with Gasteiger partial charge in [0.15, 0.2) is 0 Å². The lowest BCUT2D eigenvalue weighted by molar-refractivity contribution is 0.358. The fourth-order valence-electron chi connectivity index (χ4n) is 2.11. The summed E-state index contributed by atoms with van der Waals surface area (Å²) in [6.07, 6.45) is 0.772. The monoisotopic (exact) mass is 292 g/mol. The molecule has 0 heterocycles. The zero-order chi connectivity index (χ0) is 15.7. The zero-order valence-corrected chi connectivity index (χ0v) is 13.2. The second kappa shape index (κ2) is 9.11. The van der Waals surface area contributed by atoms with E-state index in [9.17, 15) is 0 Å². The molecule has 21 heavy (non-hydrogen) atoms. The highest BCUT2D eigenvalue weighted by Gasteiger charge is 2.21. The third-order valence-corrected chi connectivity index (χ3v) is 3.15. The first kappa shape index (κ1) is 17.2. The van der Waals surface area contributed by atoms with Gasteiger partial charge in [-0.25, -0.2) is 0 Å². The van der Waals surface area contributed by atoms with Crippen molar-refractivity contribution in [3.8, 4) is 29.1 Å². The summed E-state index contributed by atoms with van der Waals surface area (Å²) in [4.78, 5) is 0. The number of rotatable bonds is 8. The van der Waals surface area contributed by atoms with Crippen LogP contribution >= 0.6 is 0 Å². The lowest BCUT2D eigenvalue weighted by Gasteiger charge is -2.22. The van der Waals surface area contributed by atoms with Gasteiger partial charge in [0.2, 0.25) is 0 Å². The highest BCUT2D eigenvalue weighted by Crippen LogP contribution is 2.37. The Morgan fingerprint density at radius 2 is 1.76 bits per heavy atom. The first-order valence-corrected chi connectivity index (χ1v) is 6.84. The Balaban J connectivity index is 3.07. The predicted octanol–water partition coefficient (Wildman–Crippen LogP) is 1.72. The highest BCUT2D eigenvalue weighted by molar-refractivity contribution is 5.52. The maximum Gasteiger partial charge on any atom is 0.131 e. The fourth-order valence-corrected chi connectivity index (χ4v) is 2.11. The molecule has 0 bridgehead atoms. The van der Waals surface area contributed by atoms with Gasteiger partial charge in [-0.15, -0.1) is 11.8 Å². The van der Waals surface area contributed by atoms with Crippen molar-refractivity contribution in [1.29, 1.82) is 0 Å². The van der Waals surface area contributed by atoms with E-state index in [4.69, 9.17) is 19.9 Å². The number of ether oxygens (including phenoxy) is 3. The van der Waals surface area contributed by atoms with Crippen molar-refractivity contribution < 1.29 is 14.2 Å². The van der Waals surface area contributed by atoms with E-state index < -0.39 is 0 Å². The normalized spacial score (nSPS) is 11.3. The second-order valence-corrected chi connectivity index (χ2v) is 4.36. The van der Waals surface area contributed by atoms with Crippen LogP contribution in [0.4, 0.5) is 0 Å². The molecule has 0 saturated carbocycles. The predicted molar refractivity (Wildman–Crippen MR) is 84.0 cm³/mol. The molecule has 0 aliphatic rings. The lowest BCUT2D eigenvalue weighted by Crippen LogP contribution is -2.29. The molecular weight excluding hydrogens is 268 g/mol. The Morgan fingerprint density at radius 1 is 1.14 bits per heavy atom. The summed E-state index contributed by atoms with van der Waals surface area (Å²) in [5.74, 6) is 7.95. The number of hydrogen-bond acceptors (Lipinski definition) is 5. The highest BCUT2D eigenvalue weighted by atomic mass is 16.5. The molecule has 1 rings (SSSR count). The van der Waals surface area contributed by atoms with Crippen LogP contribution in [0, 0.1) is 11.8 Å². The molecule has 0 amide bonds. The van der Waals surface area contributed by atoms with Crippen LogP contribution in [0.1, 0.15) is 24.9 Å². The second-order valence-electron chi connectivity index (χ2n) is 4.36. The van der Waals surface area contributed by atoms with Crippen LogP contribution < -0.4 is 25.3 Å². The largest absolute Gasteiger partial charge is 0.496 e. The van der Waals surface area contributed by atoms with Crippen LogP contribution in [0.5, 0.6) is 17.2 Å². The van der Waals surface area contributed by atoms with Gasteiger partial charge in [-0.3, -0.25) is 0 Å². The van der Waals surface area contributed by atoms with E-state index in [1.165, 1.54) is 0 Å². The molecule has 0 aliphatic heterocycles. The van der Waals surface area contributed by atoms with E-state index in [2.05, 4.69) is 17.2 Å². The van der Waals surface area contributed by atoms with Crippen molar-refractivity contribution in [2.45, 2.75) is 19.4 Å². The molecule has 5 heteroatoms. The molecule has 1 aromatic carbocycles. The molecule has 0 radical (unpaired) electrons. The van der Waals surface area contributed by atoms with Crippen LogP contribution in [-0.4, -0.2) is 34.4 Å². The smallest absolute Gasteiger partial charge is 0.131 e. The van der Waals surface area contributed by atoms with E-state index in [1.54, 1.807) is 21.3 Å². The van der Waals surface area contributed by atoms with Gasteiger partial charge in [-0.2, -0.15) is 0 Å². The summed E-state index contributed by atoms with van der Waals surface area (Å²) >= 11 is 0. The first-order chi connectivity index (χ1) is 10.2. The summed E-state index contributed by atoms with van der Waals surface area (Å²) in [5, 5.41) is 3.38. The van der Waals surface area contributed by atoms with Crippen molar-refractivity contribution in [2.24, 2.45) is 5.73 Å². The molecule has 0 aliphatic carbocycles. The van der Waals surface area contributed by atoms with E-state index in [0.29, 0.717) is 23.8 Å². The van der Waals surface area contributed by atoms with Crippen LogP contribution in [0.3, 0.4) is 0 Å². The van der Waals surface area contributed by atoms with E-state index in [-0.39, 0.29) is 6.04 Å². The molecule has 0 aromatic heterocycles. The Morgan fingerprint density at radius 3 is 2.19 bits per heavy atom. The average Bonchev–Trinajstić information content (AvgIpc) is 2.54. The minimum atomic E-state index is -0.0699. The van der Waals surface area contributed by atoms with Gasteiger partial charge in [-0.05, 0) is 6.92 Å². The molecule has 0 saturated heterocycles. The summed E-state index contributed by atoms with van der Waals surface area (Å²) in [7, 11) is 4.84. The topological polar surface area (TPSA) is 65.7 Å². The third kappa shape index (κ3) is 4.55. The van der Waals surface area contributed by atoms with Gasteiger partial charge >= 0.3 is 0 Å². The molecule has 0 fully saturated rings. The van der Waals surface area contributed by atoms with Gasteiger partial charge in [0.1, 0.15) is 17.2 Å². The molecule has 5 nitrogen and oxygen atoms in total. The first-order valence-electron chi connectivity index (χ1n) is 6.84. The summed E-state index contributed by atoms with van der Waals surface area (Å²) in [6, 6.07) is 3.58. The van der Waals surface area contributed by atoms with Crippen LogP contribution in [-0.2, 0) is 0 Å². The molecule has 116 valence electrons. The molecule has 1 atom stereocenters. The SMILES string of the molecule is CC#CCCNC(CN)c1c(OC)cc(OC)cc1OC. The Labute approximate surface area is 126 Å². The Kier molecular flexibility index (Phi) is 7.44. The number of nitrogens with one attached hydrogen (secondary N) is 1. The Hall–Kier alpha value is -1.90. The maximum absolute atomic E-state index is 5.90. The zero-order valence-electron chi connectivity index (χ0n) is 13.2. The minimum Gasteiger partial charge on any atom is -0.496 e. The van der Waals surface area contributed by atoms with Gasteiger partial charge in [-0.1, -0.05) is 0 Å². The number of nitrogens with two attached hydrogens (primary N) is 1. The van der Waals surface area contributed by atoms with Crippen molar-refractivity contribution in [3.05, 3.63) is 17.7 Å².